The standard InChI is InChI=1S/C16H17F3N2O3/c1-15(2,3)12-9-13(21-24-12)20-14(22)8-10-4-6-11(7-5-10)23-16(17,18)19/h4-7,9H,8H2,1-3H3,(H,20,21,22). The van der Waals surface area contributed by atoms with Gasteiger partial charge in [-0.2, -0.15) is 0 Å². The molecule has 0 spiro atoms. The van der Waals surface area contributed by atoms with E-state index in [-0.39, 0.29) is 23.5 Å². The predicted octanol–water partition coefficient (Wildman–Crippen LogP) is 4.05. The lowest BCUT2D eigenvalue weighted by molar-refractivity contribution is -0.274. The van der Waals surface area contributed by atoms with Crippen molar-refractivity contribution in [1.82, 2.24) is 5.16 Å². The summed E-state index contributed by atoms with van der Waals surface area (Å²) >= 11 is 0. The van der Waals surface area contributed by atoms with Gasteiger partial charge in [-0.3, -0.25) is 4.79 Å². The molecular formula is C16H17F3N2O3. The van der Waals surface area contributed by atoms with Crippen LogP contribution < -0.4 is 10.1 Å². The maximum Gasteiger partial charge on any atom is 0.573 e. The van der Waals surface area contributed by atoms with Gasteiger partial charge in [0, 0.05) is 11.5 Å². The number of nitrogens with one attached hydrogen (secondary N) is 1. The first-order chi connectivity index (χ1) is 11.0. The van der Waals surface area contributed by atoms with Crippen LogP contribution in [0.25, 0.3) is 0 Å². The van der Waals surface area contributed by atoms with Crippen LogP contribution in [0.15, 0.2) is 34.9 Å². The van der Waals surface area contributed by atoms with E-state index in [0.29, 0.717) is 17.1 Å². The summed E-state index contributed by atoms with van der Waals surface area (Å²) < 4.78 is 45.2. The Labute approximate surface area is 136 Å². The lowest BCUT2D eigenvalue weighted by Crippen LogP contribution is -2.17. The van der Waals surface area contributed by atoms with Gasteiger partial charge < -0.3 is 14.6 Å². The molecule has 24 heavy (non-hydrogen) atoms. The van der Waals surface area contributed by atoms with Gasteiger partial charge in [-0.05, 0) is 17.7 Å². The molecule has 2 rings (SSSR count). The quantitative estimate of drug-likeness (QED) is 0.910. The van der Waals surface area contributed by atoms with E-state index in [2.05, 4.69) is 15.2 Å². The minimum absolute atomic E-state index is 0.00991. The molecule has 1 heterocycles. The Balaban J connectivity index is 1.94. The van der Waals surface area contributed by atoms with Crippen molar-refractivity contribution in [3.8, 4) is 5.75 Å². The predicted molar refractivity (Wildman–Crippen MR) is 80.7 cm³/mol. The van der Waals surface area contributed by atoms with Gasteiger partial charge in [0.1, 0.15) is 11.5 Å². The van der Waals surface area contributed by atoms with Crippen molar-refractivity contribution in [1.29, 1.82) is 0 Å². The molecule has 2 aromatic rings. The van der Waals surface area contributed by atoms with Crippen molar-refractivity contribution in [2.24, 2.45) is 0 Å². The Morgan fingerprint density at radius 2 is 1.83 bits per heavy atom. The molecule has 5 nitrogen and oxygen atoms in total. The maximum atomic E-state index is 12.1. The van der Waals surface area contributed by atoms with Gasteiger partial charge in [-0.1, -0.05) is 38.1 Å². The number of anilines is 1. The Morgan fingerprint density at radius 3 is 2.33 bits per heavy atom. The molecule has 0 aliphatic heterocycles. The number of alkyl halides is 3. The van der Waals surface area contributed by atoms with Crippen LogP contribution in [-0.4, -0.2) is 17.4 Å². The molecule has 1 aromatic heterocycles. The Kier molecular flexibility index (Phi) is 4.86. The van der Waals surface area contributed by atoms with Crippen LogP contribution in [0.3, 0.4) is 0 Å². The second-order valence-electron chi connectivity index (χ2n) is 6.24. The molecule has 0 atom stereocenters. The van der Waals surface area contributed by atoms with Crippen molar-refractivity contribution >= 4 is 11.7 Å². The molecular weight excluding hydrogens is 325 g/mol. The van der Waals surface area contributed by atoms with Gasteiger partial charge >= 0.3 is 6.36 Å². The van der Waals surface area contributed by atoms with Crippen LogP contribution in [0.1, 0.15) is 32.1 Å². The van der Waals surface area contributed by atoms with E-state index < -0.39 is 6.36 Å². The first kappa shape index (κ1) is 17.8. The summed E-state index contributed by atoms with van der Waals surface area (Å²) in [6, 6.07) is 6.74. The fourth-order valence-electron chi connectivity index (χ4n) is 1.87. The second kappa shape index (κ2) is 6.54. The first-order valence-corrected chi connectivity index (χ1v) is 7.15. The van der Waals surface area contributed by atoms with E-state index in [1.54, 1.807) is 6.07 Å². The topological polar surface area (TPSA) is 64.4 Å². The molecule has 0 aliphatic rings. The molecule has 8 heteroatoms. The fraction of sp³-hybridized carbons (Fsp3) is 0.375. The van der Waals surface area contributed by atoms with E-state index in [0.717, 1.165) is 12.1 Å². The number of ether oxygens (including phenoxy) is 1. The summed E-state index contributed by atoms with van der Waals surface area (Å²) in [5.74, 6) is 0.236. The average Bonchev–Trinajstić information content (AvgIpc) is 2.87. The number of aromatic nitrogens is 1. The molecule has 0 fully saturated rings. The summed E-state index contributed by atoms with van der Waals surface area (Å²) in [7, 11) is 0. The highest BCUT2D eigenvalue weighted by Crippen LogP contribution is 2.25. The molecule has 0 aliphatic carbocycles. The maximum absolute atomic E-state index is 12.1. The van der Waals surface area contributed by atoms with E-state index >= 15 is 0 Å². The minimum atomic E-state index is -4.74. The van der Waals surface area contributed by atoms with Gasteiger partial charge in [0.2, 0.25) is 5.91 Å². The monoisotopic (exact) mass is 342 g/mol. The number of carbonyl (C=O) groups excluding carboxylic acids is 1. The Hall–Kier alpha value is -2.51. The summed E-state index contributed by atoms with van der Waals surface area (Å²) in [5.41, 5.74) is 0.311. The van der Waals surface area contributed by atoms with E-state index in [1.807, 2.05) is 20.8 Å². The Morgan fingerprint density at radius 1 is 1.21 bits per heavy atom. The van der Waals surface area contributed by atoms with Crippen LogP contribution in [0.5, 0.6) is 5.75 Å². The normalized spacial score (nSPS) is 12.1. The third-order valence-corrected chi connectivity index (χ3v) is 3.04. The second-order valence-corrected chi connectivity index (χ2v) is 6.24. The molecule has 0 radical (unpaired) electrons. The van der Waals surface area contributed by atoms with Crippen molar-refractivity contribution < 1.29 is 27.2 Å². The van der Waals surface area contributed by atoms with Crippen LogP contribution >= 0.6 is 0 Å². The first-order valence-electron chi connectivity index (χ1n) is 7.15. The number of hydrogen-bond donors (Lipinski definition) is 1. The van der Waals surface area contributed by atoms with Crippen LogP contribution in [0.2, 0.25) is 0 Å². The number of rotatable bonds is 4. The fourth-order valence-corrected chi connectivity index (χ4v) is 1.87. The highest BCUT2D eigenvalue weighted by molar-refractivity contribution is 5.91. The zero-order valence-electron chi connectivity index (χ0n) is 13.4. The number of hydrogen-bond acceptors (Lipinski definition) is 4. The van der Waals surface area contributed by atoms with Crippen LogP contribution in [0.4, 0.5) is 19.0 Å². The van der Waals surface area contributed by atoms with E-state index in [1.165, 1.54) is 12.1 Å². The Bertz CT molecular complexity index is 701. The minimum Gasteiger partial charge on any atom is -0.406 e. The zero-order valence-corrected chi connectivity index (χ0v) is 13.4. The number of nitrogens with zero attached hydrogens (tertiary/aromatic N) is 1. The molecule has 1 N–H and O–H groups in total. The smallest absolute Gasteiger partial charge is 0.406 e. The number of amides is 1. The molecule has 0 bridgehead atoms. The lowest BCUT2D eigenvalue weighted by atomic mass is 9.93. The summed E-state index contributed by atoms with van der Waals surface area (Å²) in [6.07, 6.45) is -4.75. The number of carbonyl (C=O) groups is 1. The lowest BCUT2D eigenvalue weighted by Gasteiger charge is -2.12. The summed E-state index contributed by atoms with van der Waals surface area (Å²) in [4.78, 5) is 12.0. The third-order valence-electron chi connectivity index (χ3n) is 3.04. The third kappa shape index (κ3) is 5.29. The van der Waals surface area contributed by atoms with Crippen molar-refractivity contribution in [2.75, 3.05) is 5.32 Å². The van der Waals surface area contributed by atoms with Gasteiger partial charge in [0.15, 0.2) is 5.82 Å². The molecule has 130 valence electrons. The average molecular weight is 342 g/mol. The van der Waals surface area contributed by atoms with Crippen LogP contribution in [-0.2, 0) is 16.6 Å². The molecule has 1 aromatic carbocycles. The number of halogens is 3. The van der Waals surface area contributed by atoms with Crippen molar-refractivity contribution in [3.63, 3.8) is 0 Å². The molecule has 0 saturated carbocycles. The van der Waals surface area contributed by atoms with E-state index in [4.69, 9.17) is 4.52 Å². The van der Waals surface area contributed by atoms with Crippen LogP contribution in [0, 0.1) is 0 Å². The summed E-state index contributed by atoms with van der Waals surface area (Å²) in [6.45, 7) is 5.84. The largest absolute Gasteiger partial charge is 0.573 e. The highest BCUT2D eigenvalue weighted by Gasteiger charge is 2.31. The van der Waals surface area contributed by atoms with Gasteiger partial charge in [-0.25, -0.2) is 0 Å². The van der Waals surface area contributed by atoms with Crippen molar-refractivity contribution in [3.05, 3.63) is 41.7 Å². The summed E-state index contributed by atoms with van der Waals surface area (Å²) in [5, 5.41) is 6.35. The zero-order chi connectivity index (χ0) is 18.0. The molecule has 0 saturated heterocycles. The molecule has 0 unspecified atom stereocenters. The van der Waals surface area contributed by atoms with E-state index in [9.17, 15) is 18.0 Å². The SMILES string of the molecule is CC(C)(C)c1cc(NC(=O)Cc2ccc(OC(F)(F)F)cc2)no1. The number of benzene rings is 1. The van der Waals surface area contributed by atoms with Crippen molar-refractivity contribution in [2.45, 2.75) is 39.0 Å². The molecule has 1 amide bonds. The highest BCUT2D eigenvalue weighted by atomic mass is 19.4. The van der Waals surface area contributed by atoms with Gasteiger partial charge in [0.05, 0.1) is 6.42 Å². The van der Waals surface area contributed by atoms with Gasteiger partial charge in [-0.15, -0.1) is 13.2 Å². The van der Waals surface area contributed by atoms with Gasteiger partial charge in [0.25, 0.3) is 0 Å².